The second-order valence-corrected chi connectivity index (χ2v) is 5.37. The second kappa shape index (κ2) is 3.34. The van der Waals surface area contributed by atoms with E-state index in [1.807, 2.05) is 0 Å². The Balaban J connectivity index is 2.88. The van der Waals surface area contributed by atoms with Gasteiger partial charge in [0.25, 0.3) is 0 Å². The van der Waals surface area contributed by atoms with Gasteiger partial charge in [0.05, 0.1) is 11.5 Å². The molecule has 0 aromatic carbocycles. The van der Waals surface area contributed by atoms with E-state index >= 15 is 0 Å². The molecule has 3 atom stereocenters. The fourth-order valence-corrected chi connectivity index (χ4v) is 2.17. The van der Waals surface area contributed by atoms with Gasteiger partial charge >= 0.3 is 0 Å². The first kappa shape index (κ1) is 11.2. The SMILES string of the molecule is OC1CCC(O)(Cl)C(Cl)(Cl)C1Cl. The largest absolute Gasteiger partial charge is 0.391 e. The van der Waals surface area contributed by atoms with Gasteiger partial charge in [-0.3, -0.25) is 0 Å². The van der Waals surface area contributed by atoms with E-state index in [1.54, 1.807) is 0 Å². The average Bonchev–Trinajstić information content (AvgIpc) is 1.96. The minimum absolute atomic E-state index is 0.117. The number of hydrogen-bond donors (Lipinski definition) is 2. The molecular formula is C6H8Cl4O2. The summed E-state index contributed by atoms with van der Waals surface area (Å²) >= 11 is 22.7. The molecule has 0 bridgehead atoms. The van der Waals surface area contributed by atoms with Crippen LogP contribution in [0.3, 0.4) is 0 Å². The molecule has 6 heteroatoms. The van der Waals surface area contributed by atoms with Crippen LogP contribution in [0.25, 0.3) is 0 Å². The summed E-state index contributed by atoms with van der Waals surface area (Å²) in [5, 5.41) is 16.0. The molecule has 2 nitrogen and oxygen atoms in total. The lowest BCUT2D eigenvalue weighted by Crippen LogP contribution is -2.56. The van der Waals surface area contributed by atoms with Gasteiger partial charge in [-0.1, -0.05) is 34.8 Å². The van der Waals surface area contributed by atoms with Gasteiger partial charge in [-0.05, 0) is 12.8 Å². The molecule has 3 unspecified atom stereocenters. The lowest BCUT2D eigenvalue weighted by atomic mass is 9.93. The summed E-state index contributed by atoms with van der Waals surface area (Å²) in [6.07, 6.45) is -0.429. The van der Waals surface area contributed by atoms with Gasteiger partial charge < -0.3 is 10.2 Å². The number of aliphatic hydroxyl groups excluding tert-OH is 1. The van der Waals surface area contributed by atoms with Crippen molar-refractivity contribution in [2.75, 3.05) is 0 Å². The lowest BCUT2D eigenvalue weighted by molar-refractivity contribution is 0.0223. The predicted molar refractivity (Wildman–Crippen MR) is 50.1 cm³/mol. The van der Waals surface area contributed by atoms with Crippen molar-refractivity contribution in [1.82, 2.24) is 0 Å². The summed E-state index contributed by atoms with van der Waals surface area (Å²) in [5.41, 5.74) is 0. The van der Waals surface area contributed by atoms with Gasteiger partial charge in [0.2, 0.25) is 0 Å². The van der Waals surface area contributed by atoms with E-state index in [4.69, 9.17) is 46.4 Å². The maximum Gasteiger partial charge on any atom is 0.179 e. The third kappa shape index (κ3) is 1.66. The van der Waals surface area contributed by atoms with Crippen molar-refractivity contribution in [3.8, 4) is 0 Å². The van der Waals surface area contributed by atoms with Crippen molar-refractivity contribution >= 4 is 46.4 Å². The van der Waals surface area contributed by atoms with Crippen molar-refractivity contribution in [2.45, 2.75) is 33.7 Å². The van der Waals surface area contributed by atoms with Crippen molar-refractivity contribution < 1.29 is 10.2 Å². The van der Waals surface area contributed by atoms with Crippen LogP contribution in [0.2, 0.25) is 0 Å². The summed E-state index contributed by atoms with van der Waals surface area (Å²) in [6.45, 7) is 0. The Morgan fingerprint density at radius 1 is 1.25 bits per heavy atom. The van der Waals surface area contributed by atoms with Crippen LogP contribution in [0.5, 0.6) is 0 Å². The molecule has 1 fully saturated rings. The number of halogens is 4. The fraction of sp³-hybridized carbons (Fsp3) is 1.00. The number of hydrogen-bond acceptors (Lipinski definition) is 2. The molecular weight excluding hydrogens is 246 g/mol. The summed E-state index contributed by atoms with van der Waals surface area (Å²) in [7, 11) is 0. The molecule has 72 valence electrons. The van der Waals surface area contributed by atoms with E-state index in [9.17, 15) is 10.2 Å². The highest BCUT2D eigenvalue weighted by atomic mass is 35.5. The number of rotatable bonds is 0. The number of aliphatic hydroxyl groups is 2. The average molecular weight is 254 g/mol. The third-order valence-electron chi connectivity index (χ3n) is 1.97. The minimum atomic E-state index is -1.76. The zero-order valence-corrected chi connectivity index (χ0v) is 9.00. The minimum Gasteiger partial charge on any atom is -0.391 e. The molecule has 2 N–H and O–H groups in total. The first-order valence-corrected chi connectivity index (χ1v) is 4.97. The molecule has 1 rings (SSSR count). The molecule has 0 spiro atoms. The Kier molecular flexibility index (Phi) is 3.10. The van der Waals surface area contributed by atoms with Gasteiger partial charge in [-0.2, -0.15) is 0 Å². The van der Waals surface area contributed by atoms with Gasteiger partial charge in [0.15, 0.2) is 9.39 Å². The summed E-state index contributed by atoms with van der Waals surface area (Å²) < 4.78 is -1.71. The first-order chi connectivity index (χ1) is 5.29. The standard InChI is InChI=1S/C6H8Cl4O2/c7-4-3(11)1-2-5(8,12)6(4,9)10/h3-4,11-12H,1-2H2. The summed E-state index contributed by atoms with van der Waals surface area (Å²) in [4.78, 5) is 0. The summed E-state index contributed by atoms with van der Waals surface area (Å²) in [5.74, 6) is 0. The molecule has 1 aliphatic rings. The molecule has 12 heavy (non-hydrogen) atoms. The van der Waals surface area contributed by atoms with Crippen LogP contribution in [-0.4, -0.2) is 31.1 Å². The van der Waals surface area contributed by atoms with E-state index in [-0.39, 0.29) is 12.8 Å². The maximum absolute atomic E-state index is 9.50. The summed E-state index contributed by atoms with van der Waals surface area (Å²) in [6, 6.07) is 0. The quantitative estimate of drug-likeness (QED) is 0.647. The van der Waals surface area contributed by atoms with Crippen molar-refractivity contribution in [3.05, 3.63) is 0 Å². The predicted octanol–water partition coefficient (Wildman–Crippen LogP) is 1.85. The van der Waals surface area contributed by atoms with Gasteiger partial charge in [0, 0.05) is 0 Å². The van der Waals surface area contributed by atoms with Crippen molar-refractivity contribution in [1.29, 1.82) is 0 Å². The van der Waals surface area contributed by atoms with E-state index in [2.05, 4.69) is 0 Å². The lowest BCUT2D eigenvalue weighted by Gasteiger charge is -2.43. The third-order valence-corrected chi connectivity index (χ3v) is 4.58. The van der Waals surface area contributed by atoms with Crippen LogP contribution in [0.4, 0.5) is 0 Å². The van der Waals surface area contributed by atoms with Gasteiger partial charge in [-0.25, -0.2) is 0 Å². The monoisotopic (exact) mass is 252 g/mol. The zero-order valence-electron chi connectivity index (χ0n) is 5.98. The Morgan fingerprint density at radius 3 is 2.17 bits per heavy atom. The van der Waals surface area contributed by atoms with E-state index in [0.717, 1.165) is 0 Å². The van der Waals surface area contributed by atoms with E-state index < -0.39 is 20.9 Å². The Morgan fingerprint density at radius 2 is 1.75 bits per heavy atom. The molecule has 0 heterocycles. The van der Waals surface area contributed by atoms with Crippen molar-refractivity contribution in [3.63, 3.8) is 0 Å². The topological polar surface area (TPSA) is 40.5 Å². The maximum atomic E-state index is 9.50. The van der Waals surface area contributed by atoms with Crippen LogP contribution in [-0.2, 0) is 0 Å². The molecule has 1 aliphatic carbocycles. The molecule has 0 aromatic heterocycles. The second-order valence-electron chi connectivity index (χ2n) is 2.89. The van der Waals surface area contributed by atoms with Crippen LogP contribution in [0, 0.1) is 0 Å². The normalized spacial score (nSPS) is 47.5. The van der Waals surface area contributed by atoms with Crippen LogP contribution >= 0.6 is 46.4 Å². The molecule has 0 aromatic rings. The van der Waals surface area contributed by atoms with Crippen molar-refractivity contribution in [2.24, 2.45) is 0 Å². The zero-order chi connectivity index (χ0) is 9.57. The Bertz CT molecular complexity index is 182. The molecule has 0 radical (unpaired) electrons. The smallest absolute Gasteiger partial charge is 0.179 e. The van der Waals surface area contributed by atoms with Gasteiger partial charge in [0.1, 0.15) is 0 Å². The molecule has 0 amide bonds. The molecule has 0 aliphatic heterocycles. The highest BCUT2D eigenvalue weighted by molar-refractivity contribution is 6.56. The number of alkyl halides is 4. The van der Waals surface area contributed by atoms with Crippen LogP contribution in [0.1, 0.15) is 12.8 Å². The highest BCUT2D eigenvalue weighted by Gasteiger charge is 2.57. The van der Waals surface area contributed by atoms with Gasteiger partial charge in [-0.15, -0.1) is 11.6 Å². The Hall–Kier alpha value is 1.08. The van der Waals surface area contributed by atoms with Crippen LogP contribution in [0.15, 0.2) is 0 Å². The van der Waals surface area contributed by atoms with E-state index in [1.165, 1.54) is 0 Å². The van der Waals surface area contributed by atoms with Crippen LogP contribution < -0.4 is 0 Å². The van der Waals surface area contributed by atoms with E-state index in [0.29, 0.717) is 0 Å². The fourth-order valence-electron chi connectivity index (χ4n) is 1.11. The highest BCUT2D eigenvalue weighted by Crippen LogP contribution is 2.50. The Labute approximate surface area is 90.4 Å². The molecule has 1 saturated carbocycles. The molecule has 0 saturated heterocycles. The first-order valence-electron chi connectivity index (χ1n) is 3.40.